The largest absolute Gasteiger partial charge is 0.481 e. The van der Waals surface area contributed by atoms with Crippen molar-refractivity contribution in [1.29, 1.82) is 0 Å². The fourth-order valence-corrected chi connectivity index (χ4v) is 4.51. The Morgan fingerprint density at radius 2 is 1.96 bits per heavy atom. The number of aromatic nitrogens is 2. The quantitative estimate of drug-likeness (QED) is 0.664. The maximum absolute atomic E-state index is 11.6. The van der Waals surface area contributed by atoms with Crippen LogP contribution in [-0.4, -0.2) is 25.7 Å². The van der Waals surface area contributed by atoms with Crippen LogP contribution in [0.25, 0.3) is 0 Å². The molecule has 0 radical (unpaired) electrons. The zero-order valence-corrected chi connectivity index (χ0v) is 17.2. The van der Waals surface area contributed by atoms with Crippen LogP contribution in [0.3, 0.4) is 0 Å². The fourth-order valence-electron chi connectivity index (χ4n) is 4.25. The minimum absolute atomic E-state index is 0.0936. The van der Waals surface area contributed by atoms with Crippen LogP contribution in [0.4, 0.5) is 0 Å². The third-order valence-electron chi connectivity index (χ3n) is 5.84. The Labute approximate surface area is 171 Å². The molecule has 0 spiro atoms. The lowest BCUT2D eigenvalue weighted by Crippen LogP contribution is -2.25. The molecule has 3 rings (SSSR count). The van der Waals surface area contributed by atoms with Crippen molar-refractivity contribution in [3.8, 4) is 0 Å². The van der Waals surface area contributed by atoms with Crippen LogP contribution >= 0.6 is 11.6 Å². The van der Waals surface area contributed by atoms with Gasteiger partial charge in [0, 0.05) is 13.0 Å². The standard InChI is InChI=1S/C22H29ClN2O3/c1-2-3-8-20-24-21(23)19(14-26)25(20)13-15-9-11-16(12-10-15)17-6-4-5-7-18(17)22(27)28/h9-12,17-18,26H,2-8,13-14H2,1H3,(H,27,28)/t17-,18+/m1/s1. The third-order valence-corrected chi connectivity index (χ3v) is 6.14. The number of carboxylic acid groups (broad SMARTS) is 1. The van der Waals surface area contributed by atoms with Gasteiger partial charge in [0.25, 0.3) is 0 Å². The van der Waals surface area contributed by atoms with E-state index in [4.69, 9.17) is 11.6 Å². The average molecular weight is 405 g/mol. The van der Waals surface area contributed by atoms with Crippen LogP contribution in [0, 0.1) is 5.92 Å². The molecule has 0 saturated heterocycles. The van der Waals surface area contributed by atoms with E-state index >= 15 is 0 Å². The second-order valence-corrected chi connectivity index (χ2v) is 8.05. The van der Waals surface area contributed by atoms with E-state index in [1.165, 1.54) is 0 Å². The molecule has 0 bridgehead atoms. The molecule has 0 amide bonds. The number of aryl methyl sites for hydroxylation is 1. The van der Waals surface area contributed by atoms with Crippen LogP contribution in [-0.2, 0) is 24.4 Å². The zero-order valence-electron chi connectivity index (χ0n) is 16.4. The van der Waals surface area contributed by atoms with E-state index in [-0.39, 0.29) is 18.4 Å². The Morgan fingerprint density at radius 3 is 2.61 bits per heavy atom. The first-order valence-electron chi connectivity index (χ1n) is 10.2. The van der Waals surface area contributed by atoms with Crippen LogP contribution in [0.15, 0.2) is 24.3 Å². The van der Waals surface area contributed by atoms with Crippen molar-refractivity contribution >= 4 is 17.6 Å². The third kappa shape index (κ3) is 4.58. The highest BCUT2D eigenvalue weighted by molar-refractivity contribution is 6.30. The predicted octanol–water partition coefficient (Wildman–Crippen LogP) is 4.78. The van der Waals surface area contributed by atoms with Gasteiger partial charge in [-0.3, -0.25) is 4.79 Å². The van der Waals surface area contributed by atoms with Crippen LogP contribution in [0.5, 0.6) is 0 Å². The molecule has 2 aromatic rings. The molecule has 1 aliphatic rings. The van der Waals surface area contributed by atoms with Gasteiger partial charge >= 0.3 is 5.97 Å². The molecule has 1 heterocycles. The monoisotopic (exact) mass is 404 g/mol. The molecule has 1 aromatic heterocycles. The highest BCUT2D eigenvalue weighted by Crippen LogP contribution is 2.38. The molecule has 2 N–H and O–H groups in total. The van der Waals surface area contributed by atoms with Gasteiger partial charge in [-0.25, -0.2) is 4.98 Å². The van der Waals surface area contributed by atoms with Gasteiger partial charge < -0.3 is 14.8 Å². The summed E-state index contributed by atoms with van der Waals surface area (Å²) >= 11 is 6.22. The minimum Gasteiger partial charge on any atom is -0.481 e. The number of hydrogen-bond acceptors (Lipinski definition) is 3. The molecule has 2 atom stereocenters. The molecule has 1 saturated carbocycles. The maximum Gasteiger partial charge on any atom is 0.307 e. The summed E-state index contributed by atoms with van der Waals surface area (Å²) in [7, 11) is 0. The van der Waals surface area contributed by atoms with Gasteiger partial charge in [0.05, 0.1) is 18.2 Å². The SMILES string of the molecule is CCCCc1nc(Cl)c(CO)n1Cc1ccc([C@H]2CCCC[C@@H]2C(=O)O)cc1. The molecule has 6 heteroatoms. The van der Waals surface area contributed by atoms with Gasteiger partial charge in [-0.05, 0) is 36.3 Å². The van der Waals surface area contributed by atoms with E-state index in [1.807, 2.05) is 4.57 Å². The Kier molecular flexibility index (Phi) is 7.13. The number of aliphatic carboxylic acids is 1. The molecule has 0 unspecified atom stereocenters. The first-order chi connectivity index (χ1) is 13.5. The summed E-state index contributed by atoms with van der Waals surface area (Å²) in [6.07, 6.45) is 6.70. The number of unbranched alkanes of at least 4 members (excludes halogenated alkanes) is 1. The lowest BCUT2D eigenvalue weighted by Gasteiger charge is -2.29. The van der Waals surface area contributed by atoms with Crippen molar-refractivity contribution in [1.82, 2.24) is 9.55 Å². The van der Waals surface area contributed by atoms with Gasteiger partial charge in [0.1, 0.15) is 5.82 Å². The molecule has 5 nitrogen and oxygen atoms in total. The highest BCUT2D eigenvalue weighted by atomic mass is 35.5. The summed E-state index contributed by atoms with van der Waals surface area (Å²) in [5.74, 6) is 0.0259. The number of imidazole rings is 1. The van der Waals surface area contributed by atoms with Crippen molar-refractivity contribution in [3.05, 3.63) is 52.1 Å². The van der Waals surface area contributed by atoms with Gasteiger partial charge in [-0.2, -0.15) is 0 Å². The van der Waals surface area contributed by atoms with E-state index in [0.717, 1.165) is 61.9 Å². The highest BCUT2D eigenvalue weighted by Gasteiger charge is 2.31. The topological polar surface area (TPSA) is 75.4 Å². The number of hydrogen-bond donors (Lipinski definition) is 2. The first kappa shape index (κ1) is 20.9. The summed E-state index contributed by atoms with van der Waals surface area (Å²) in [6.45, 7) is 2.59. The van der Waals surface area contributed by atoms with Crippen LogP contribution in [0.1, 0.15) is 74.0 Å². The summed E-state index contributed by atoms with van der Waals surface area (Å²) in [4.78, 5) is 16.0. The van der Waals surface area contributed by atoms with Crippen molar-refractivity contribution in [3.63, 3.8) is 0 Å². The van der Waals surface area contributed by atoms with E-state index in [2.05, 4.69) is 36.2 Å². The first-order valence-corrected chi connectivity index (χ1v) is 10.6. The molecule has 152 valence electrons. The summed E-state index contributed by atoms with van der Waals surface area (Å²) < 4.78 is 2.01. The number of carboxylic acids is 1. The van der Waals surface area contributed by atoms with Crippen LogP contribution < -0.4 is 0 Å². The van der Waals surface area contributed by atoms with Crippen molar-refractivity contribution in [2.45, 2.75) is 70.9 Å². The summed E-state index contributed by atoms with van der Waals surface area (Å²) in [6, 6.07) is 8.23. The number of benzene rings is 1. The molecule has 28 heavy (non-hydrogen) atoms. The number of halogens is 1. The second kappa shape index (κ2) is 9.57. The van der Waals surface area contributed by atoms with Gasteiger partial charge in [0.15, 0.2) is 5.15 Å². The number of rotatable bonds is 8. The molecule has 1 fully saturated rings. The molecule has 1 aromatic carbocycles. The lowest BCUT2D eigenvalue weighted by atomic mass is 9.75. The maximum atomic E-state index is 11.6. The second-order valence-electron chi connectivity index (χ2n) is 7.69. The number of aliphatic hydroxyl groups excluding tert-OH is 1. The summed E-state index contributed by atoms with van der Waals surface area (Å²) in [5.41, 5.74) is 2.84. The molecular formula is C22H29ClN2O3. The Balaban J connectivity index is 1.80. The van der Waals surface area contributed by atoms with Crippen molar-refractivity contribution in [2.75, 3.05) is 0 Å². The zero-order chi connectivity index (χ0) is 20.1. The van der Waals surface area contributed by atoms with E-state index < -0.39 is 5.97 Å². The van der Waals surface area contributed by atoms with Crippen LogP contribution in [0.2, 0.25) is 5.15 Å². The smallest absolute Gasteiger partial charge is 0.307 e. The van der Waals surface area contributed by atoms with Gasteiger partial charge in [-0.15, -0.1) is 0 Å². The van der Waals surface area contributed by atoms with Gasteiger partial charge in [0.2, 0.25) is 0 Å². The number of aliphatic hydroxyl groups is 1. The normalized spacial score (nSPS) is 19.7. The minimum atomic E-state index is -0.685. The number of nitrogens with zero attached hydrogens (tertiary/aromatic N) is 2. The average Bonchev–Trinajstić information content (AvgIpc) is 3.01. The Hall–Kier alpha value is -1.85. The predicted molar refractivity (Wildman–Crippen MR) is 110 cm³/mol. The fraction of sp³-hybridized carbons (Fsp3) is 0.545. The Morgan fingerprint density at radius 1 is 1.25 bits per heavy atom. The molecule has 1 aliphatic carbocycles. The van der Waals surface area contributed by atoms with Crippen molar-refractivity contribution in [2.24, 2.45) is 5.92 Å². The summed E-state index contributed by atoms with van der Waals surface area (Å²) in [5, 5.41) is 19.6. The van der Waals surface area contributed by atoms with E-state index in [0.29, 0.717) is 17.4 Å². The molecule has 0 aliphatic heterocycles. The van der Waals surface area contributed by atoms with E-state index in [9.17, 15) is 15.0 Å². The molecular weight excluding hydrogens is 376 g/mol. The van der Waals surface area contributed by atoms with E-state index in [1.54, 1.807) is 0 Å². The lowest BCUT2D eigenvalue weighted by molar-refractivity contribution is -0.143. The Bertz CT molecular complexity index is 801. The van der Waals surface area contributed by atoms with Gasteiger partial charge in [-0.1, -0.05) is 62.1 Å². The van der Waals surface area contributed by atoms with Crippen molar-refractivity contribution < 1.29 is 15.0 Å². The number of carbonyl (C=O) groups is 1.